The van der Waals surface area contributed by atoms with E-state index in [1.807, 2.05) is 56.3 Å². The maximum atomic E-state index is 14.4. The Hall–Kier alpha value is -7.08. The number of nitriles is 1. The summed E-state index contributed by atoms with van der Waals surface area (Å²) in [6.07, 6.45) is -1.05. The van der Waals surface area contributed by atoms with Gasteiger partial charge in [0.25, 0.3) is 5.70 Å². The molecule has 0 saturated heterocycles. The third-order valence-electron chi connectivity index (χ3n) is 12.4. The normalized spacial score (nSPS) is 18.2. The van der Waals surface area contributed by atoms with Gasteiger partial charge in [-0.2, -0.15) is 0 Å². The minimum absolute atomic E-state index is 0.0978. The van der Waals surface area contributed by atoms with Crippen molar-refractivity contribution in [1.82, 2.24) is 0 Å². The molecule has 1 aliphatic heterocycles. The molecule has 4 unspecified atom stereocenters. The number of esters is 2. The summed E-state index contributed by atoms with van der Waals surface area (Å²) < 4.78 is 44.7. The highest BCUT2D eigenvalue weighted by Crippen LogP contribution is 2.81. The van der Waals surface area contributed by atoms with Crippen LogP contribution in [-0.2, 0) is 24.4 Å². The standard InChI is InChI=1S/C51H40N2O12S2/c1-27(58-4)22-24-60-49(56)62-31-18-14-29(15-19-31)46(54)64-42-38-39(41-34-11-7-9-13-36(34)51(41)35-12-8-6-10-33(35)40(38)51)43(45-44(42)66-48(67-45)37(26-52)53-3)65-47(55)30-16-20-32(21-17-30)63-50(57)61-25-23-28(2)59-5/h6-21,27-28,40-41H,22-25H2,1-2,4-5H3. The van der Waals surface area contributed by atoms with Crippen LogP contribution in [0.2, 0.25) is 0 Å². The Morgan fingerprint density at radius 3 is 1.46 bits per heavy atom. The summed E-state index contributed by atoms with van der Waals surface area (Å²) >= 11 is 2.20. The quantitative estimate of drug-likeness (QED) is 0.0338. The van der Waals surface area contributed by atoms with E-state index in [4.69, 9.17) is 44.5 Å². The van der Waals surface area contributed by atoms with Crippen LogP contribution in [0.15, 0.2) is 117 Å². The van der Waals surface area contributed by atoms with Crippen LogP contribution in [0.5, 0.6) is 23.0 Å². The SMILES string of the molecule is [C-]#[N+]C(C#N)=C1Sc2c(OC(=O)c3ccc(OC(=O)OCCC(C)OC)cc3)c3c(c(OC(=O)c4ccc(OC(=O)OCCC(C)OC)cc4)c2S1)C1c2ccccc2C12c1ccccc1C32. The van der Waals surface area contributed by atoms with Crippen molar-refractivity contribution in [3.05, 3.63) is 163 Å². The monoisotopic (exact) mass is 936 g/mol. The van der Waals surface area contributed by atoms with Gasteiger partial charge in [0.2, 0.25) is 0 Å². The number of methoxy groups -OCH3 is 2. The number of allylic oxidation sites excluding steroid dienone is 1. The van der Waals surface area contributed by atoms with Gasteiger partial charge in [0.15, 0.2) is 11.5 Å². The first kappa shape index (κ1) is 45.1. The first-order valence-corrected chi connectivity index (χ1v) is 22.8. The van der Waals surface area contributed by atoms with E-state index in [2.05, 4.69) is 17.0 Å². The molecule has 1 spiro atoms. The molecular formula is C51H40N2O12S2. The zero-order chi connectivity index (χ0) is 47.0. The van der Waals surface area contributed by atoms with Gasteiger partial charge in [-0.25, -0.2) is 29.3 Å². The number of ether oxygens (including phenoxy) is 8. The highest BCUT2D eigenvalue weighted by Gasteiger charge is 2.71. The van der Waals surface area contributed by atoms with Gasteiger partial charge in [-0.15, -0.1) is 0 Å². The second-order valence-corrected chi connectivity index (χ2v) is 18.3. The van der Waals surface area contributed by atoms with Crippen molar-refractivity contribution < 1.29 is 57.1 Å². The van der Waals surface area contributed by atoms with Crippen LogP contribution in [0, 0.1) is 17.9 Å². The van der Waals surface area contributed by atoms with Gasteiger partial charge in [-0.3, -0.25) is 0 Å². The summed E-state index contributed by atoms with van der Waals surface area (Å²) in [4.78, 5) is 57.8. The Kier molecular flexibility index (Phi) is 12.6. The lowest BCUT2D eigenvalue weighted by Gasteiger charge is -2.58. The number of hydrogen-bond acceptors (Lipinski definition) is 15. The number of thioether (sulfide) groups is 2. The number of fused-ring (bicyclic) bond motifs is 8. The van der Waals surface area contributed by atoms with Crippen LogP contribution in [0.25, 0.3) is 4.85 Å². The predicted molar refractivity (Wildman–Crippen MR) is 244 cm³/mol. The average Bonchev–Trinajstić information content (AvgIpc) is 3.86. The fourth-order valence-electron chi connectivity index (χ4n) is 9.09. The zero-order valence-corrected chi connectivity index (χ0v) is 38.1. The summed E-state index contributed by atoms with van der Waals surface area (Å²) in [5.74, 6) is -1.36. The van der Waals surface area contributed by atoms with Gasteiger partial charge < -0.3 is 37.9 Å². The van der Waals surface area contributed by atoms with Crippen molar-refractivity contribution in [3.63, 3.8) is 0 Å². The molecule has 5 aromatic rings. The molecule has 3 aliphatic carbocycles. The fourth-order valence-corrected chi connectivity index (χ4v) is 11.6. The summed E-state index contributed by atoms with van der Waals surface area (Å²) in [6.45, 7) is 11.7. The third-order valence-corrected chi connectivity index (χ3v) is 15.0. The Morgan fingerprint density at radius 1 is 0.657 bits per heavy atom. The lowest BCUT2D eigenvalue weighted by atomic mass is 9.43. The maximum Gasteiger partial charge on any atom is 0.513 e. The molecule has 0 N–H and O–H groups in total. The van der Waals surface area contributed by atoms with Gasteiger partial charge in [-0.1, -0.05) is 72.1 Å². The molecule has 338 valence electrons. The zero-order valence-electron chi connectivity index (χ0n) is 36.5. The van der Waals surface area contributed by atoms with Crippen molar-refractivity contribution in [3.8, 4) is 29.1 Å². The van der Waals surface area contributed by atoms with E-state index in [0.29, 0.717) is 38.0 Å². The lowest BCUT2D eigenvalue weighted by molar-refractivity contribution is 0.0618. The van der Waals surface area contributed by atoms with E-state index in [1.165, 1.54) is 48.5 Å². The number of carbonyl (C=O) groups excluding carboxylic acids is 4. The third kappa shape index (κ3) is 7.95. The molecule has 4 atom stereocenters. The first-order valence-electron chi connectivity index (χ1n) is 21.2. The molecule has 0 saturated carbocycles. The minimum Gasteiger partial charge on any atom is -0.434 e. The number of nitrogens with zero attached hydrogens (tertiary/aromatic N) is 2. The van der Waals surface area contributed by atoms with Crippen molar-refractivity contribution in [2.24, 2.45) is 0 Å². The fraction of sp³-hybridized carbons (Fsp3) is 0.255. The number of benzene rings is 5. The summed E-state index contributed by atoms with van der Waals surface area (Å²) in [6, 6.07) is 29.9. The first-order chi connectivity index (χ1) is 32.5. The van der Waals surface area contributed by atoms with Crippen LogP contribution in [0.4, 0.5) is 9.59 Å². The van der Waals surface area contributed by atoms with E-state index in [-0.39, 0.29) is 77.1 Å². The minimum atomic E-state index is -0.905. The van der Waals surface area contributed by atoms with Crippen molar-refractivity contribution >= 4 is 47.8 Å². The second kappa shape index (κ2) is 18.7. The molecule has 0 fully saturated rings. The molecule has 14 nitrogen and oxygen atoms in total. The van der Waals surface area contributed by atoms with Crippen LogP contribution in [0.3, 0.4) is 0 Å². The Balaban J connectivity index is 1.10. The van der Waals surface area contributed by atoms with Crippen molar-refractivity contribution in [2.75, 3.05) is 27.4 Å². The van der Waals surface area contributed by atoms with Crippen LogP contribution >= 0.6 is 23.5 Å². The van der Waals surface area contributed by atoms with Gasteiger partial charge in [0.05, 0.1) is 63.2 Å². The molecule has 5 aromatic carbocycles. The largest absolute Gasteiger partial charge is 0.513 e. The predicted octanol–water partition coefficient (Wildman–Crippen LogP) is 10.7. The topological polar surface area (TPSA) is 170 Å². The molecule has 4 aliphatic rings. The van der Waals surface area contributed by atoms with E-state index in [0.717, 1.165) is 45.8 Å². The molecule has 67 heavy (non-hydrogen) atoms. The van der Waals surface area contributed by atoms with Crippen LogP contribution in [-0.4, -0.2) is 63.9 Å². The van der Waals surface area contributed by atoms with Crippen LogP contribution in [0.1, 0.15) is 92.6 Å². The van der Waals surface area contributed by atoms with E-state index in [9.17, 15) is 24.4 Å². The Bertz CT molecular complexity index is 2760. The van der Waals surface area contributed by atoms with Gasteiger partial charge in [0, 0.05) is 55.4 Å². The highest BCUT2D eigenvalue weighted by atomic mass is 32.2. The molecule has 16 heteroatoms. The highest BCUT2D eigenvalue weighted by molar-refractivity contribution is 8.24. The number of rotatable bonds is 14. The van der Waals surface area contributed by atoms with Crippen LogP contribution < -0.4 is 18.9 Å². The van der Waals surface area contributed by atoms with Gasteiger partial charge >= 0.3 is 24.2 Å². The molecule has 0 radical (unpaired) electrons. The number of hydrogen-bond donors (Lipinski definition) is 0. The molecule has 0 bridgehead atoms. The van der Waals surface area contributed by atoms with Gasteiger partial charge in [-0.05, 0) is 84.6 Å². The average molecular weight is 937 g/mol. The maximum absolute atomic E-state index is 14.4. The molecule has 1 heterocycles. The van der Waals surface area contributed by atoms with E-state index < -0.39 is 29.7 Å². The summed E-state index contributed by atoms with van der Waals surface area (Å²) in [5.41, 5.74) is 5.11. The molecule has 0 aromatic heterocycles. The van der Waals surface area contributed by atoms with Crippen molar-refractivity contribution in [1.29, 1.82) is 5.26 Å². The van der Waals surface area contributed by atoms with E-state index >= 15 is 0 Å². The Morgan fingerprint density at radius 2 is 1.07 bits per heavy atom. The second-order valence-electron chi connectivity index (χ2n) is 16.0. The Labute approximate surface area is 393 Å². The van der Waals surface area contributed by atoms with E-state index in [1.54, 1.807) is 14.2 Å². The number of carbonyl (C=O) groups is 4. The lowest BCUT2D eigenvalue weighted by Crippen LogP contribution is -2.52. The van der Waals surface area contributed by atoms with Crippen molar-refractivity contribution in [2.45, 2.75) is 65.9 Å². The molecule has 9 rings (SSSR count). The molecule has 0 amide bonds. The molecular weight excluding hydrogens is 897 g/mol. The van der Waals surface area contributed by atoms with Gasteiger partial charge in [0.1, 0.15) is 11.5 Å². The summed E-state index contributed by atoms with van der Waals surface area (Å²) in [7, 11) is 3.13. The summed E-state index contributed by atoms with van der Waals surface area (Å²) in [5, 5.41) is 10.0. The smallest absolute Gasteiger partial charge is 0.434 e.